The number of fused-ring (bicyclic) bond motifs is 1. The molecule has 8 heteroatoms. The van der Waals surface area contributed by atoms with Gasteiger partial charge in [0.2, 0.25) is 10.0 Å². The lowest BCUT2D eigenvalue weighted by Crippen LogP contribution is -2.31. The number of nitrogens with zero attached hydrogens (tertiary/aromatic N) is 1. The van der Waals surface area contributed by atoms with Crippen LogP contribution in [0.2, 0.25) is 10.0 Å². The normalized spacial score (nSPS) is 17.3. The van der Waals surface area contributed by atoms with E-state index in [-0.39, 0.29) is 17.4 Å². The van der Waals surface area contributed by atoms with E-state index < -0.39 is 10.0 Å². The summed E-state index contributed by atoms with van der Waals surface area (Å²) in [4.78, 5) is 2.42. The highest BCUT2D eigenvalue weighted by atomic mass is 35.5. The summed E-state index contributed by atoms with van der Waals surface area (Å²) in [6.07, 6.45) is 0.903. The first-order valence-electron chi connectivity index (χ1n) is 9.65. The van der Waals surface area contributed by atoms with Crippen LogP contribution in [0.15, 0.2) is 41.3 Å². The Morgan fingerprint density at radius 2 is 2.00 bits per heavy atom. The number of hydrogen-bond donors (Lipinski definition) is 1. The Balaban J connectivity index is 1.87. The first-order chi connectivity index (χ1) is 13.8. The Kier molecular flexibility index (Phi) is 7.59. The number of ether oxygens (including phenoxy) is 1. The van der Waals surface area contributed by atoms with Gasteiger partial charge in [-0.1, -0.05) is 42.3 Å². The van der Waals surface area contributed by atoms with Gasteiger partial charge >= 0.3 is 0 Å². The van der Waals surface area contributed by atoms with Gasteiger partial charge in [0.05, 0.1) is 11.5 Å². The van der Waals surface area contributed by atoms with Crippen LogP contribution in [0, 0.1) is 0 Å². The van der Waals surface area contributed by atoms with Crippen LogP contribution in [0.1, 0.15) is 36.0 Å². The lowest BCUT2D eigenvalue weighted by Gasteiger charge is -2.33. The van der Waals surface area contributed by atoms with Crippen molar-refractivity contribution >= 4 is 33.2 Å². The molecule has 158 valence electrons. The second kappa shape index (κ2) is 9.77. The Labute approximate surface area is 183 Å². The summed E-state index contributed by atoms with van der Waals surface area (Å²) in [6, 6.07) is 10.8. The van der Waals surface area contributed by atoms with Crippen molar-refractivity contribution in [2.75, 3.05) is 33.4 Å². The third-order valence-corrected chi connectivity index (χ3v) is 6.96. The molecule has 5 nitrogen and oxygen atoms in total. The largest absolute Gasteiger partial charge is 0.380 e. The van der Waals surface area contributed by atoms with Crippen molar-refractivity contribution < 1.29 is 13.2 Å². The van der Waals surface area contributed by atoms with Crippen LogP contribution >= 0.6 is 23.2 Å². The maximum atomic E-state index is 12.7. The molecular weight excluding hydrogens is 431 g/mol. The standard InChI is InChI=1S/C21H26Cl2N2O3S/c1-3-8-28-9-7-24-29(26,27)17-6-4-5-15(10-17)19-13-25(2)14-20-18(19)11-16(22)12-21(20)23/h4-6,10-12,19,24H,3,7-9,13-14H2,1-2H3. The molecule has 0 amide bonds. The third kappa shape index (κ3) is 5.51. The van der Waals surface area contributed by atoms with Crippen LogP contribution < -0.4 is 4.72 Å². The predicted molar refractivity (Wildman–Crippen MR) is 117 cm³/mol. The van der Waals surface area contributed by atoms with E-state index in [1.54, 1.807) is 24.3 Å². The Morgan fingerprint density at radius 3 is 2.76 bits per heavy atom. The van der Waals surface area contributed by atoms with Gasteiger partial charge < -0.3 is 9.64 Å². The highest BCUT2D eigenvalue weighted by Crippen LogP contribution is 2.38. The minimum Gasteiger partial charge on any atom is -0.380 e. The van der Waals surface area contributed by atoms with Crippen LogP contribution in [0.3, 0.4) is 0 Å². The van der Waals surface area contributed by atoms with Crippen LogP contribution in [0.5, 0.6) is 0 Å². The predicted octanol–water partition coefficient (Wildman–Crippen LogP) is 4.28. The van der Waals surface area contributed by atoms with E-state index in [0.29, 0.717) is 23.3 Å². The number of benzene rings is 2. The summed E-state index contributed by atoms with van der Waals surface area (Å²) in [5, 5.41) is 1.22. The molecule has 1 aliphatic rings. The van der Waals surface area contributed by atoms with Crippen molar-refractivity contribution in [1.29, 1.82) is 0 Å². The fourth-order valence-corrected chi connectivity index (χ4v) is 5.24. The summed E-state index contributed by atoms with van der Waals surface area (Å²) in [5.41, 5.74) is 3.01. The minimum atomic E-state index is -3.61. The van der Waals surface area contributed by atoms with Crippen LogP contribution in [0.25, 0.3) is 0 Å². The van der Waals surface area contributed by atoms with Gasteiger partial charge in [0.15, 0.2) is 0 Å². The fourth-order valence-electron chi connectivity index (χ4n) is 3.61. The maximum Gasteiger partial charge on any atom is 0.240 e. The highest BCUT2D eigenvalue weighted by Gasteiger charge is 2.28. The second-order valence-corrected chi connectivity index (χ2v) is 9.90. The molecule has 0 saturated heterocycles. The summed E-state index contributed by atoms with van der Waals surface area (Å²) in [7, 11) is -1.58. The van der Waals surface area contributed by atoms with Crippen molar-refractivity contribution in [2.45, 2.75) is 30.7 Å². The minimum absolute atomic E-state index is 0.0111. The second-order valence-electron chi connectivity index (χ2n) is 7.29. The average molecular weight is 457 g/mol. The number of hydrogen-bond acceptors (Lipinski definition) is 4. The van der Waals surface area contributed by atoms with E-state index in [2.05, 4.69) is 9.62 Å². The molecular formula is C21H26Cl2N2O3S. The zero-order valence-electron chi connectivity index (χ0n) is 16.6. The quantitative estimate of drug-likeness (QED) is 0.602. The van der Waals surface area contributed by atoms with Gasteiger partial charge in [-0.15, -0.1) is 0 Å². The van der Waals surface area contributed by atoms with E-state index in [1.165, 1.54) is 0 Å². The highest BCUT2D eigenvalue weighted by molar-refractivity contribution is 7.89. The van der Waals surface area contributed by atoms with Gasteiger partial charge in [-0.25, -0.2) is 13.1 Å². The molecule has 2 aromatic carbocycles. The molecule has 1 unspecified atom stereocenters. The molecule has 2 aromatic rings. The van der Waals surface area contributed by atoms with Crippen molar-refractivity contribution in [1.82, 2.24) is 9.62 Å². The molecule has 1 N–H and O–H groups in total. The van der Waals surface area contributed by atoms with E-state index in [9.17, 15) is 8.42 Å². The number of likely N-dealkylation sites (N-methyl/N-ethyl adjacent to an activating group) is 1. The van der Waals surface area contributed by atoms with E-state index in [0.717, 1.165) is 36.2 Å². The molecule has 1 atom stereocenters. The fraction of sp³-hybridized carbons (Fsp3) is 0.429. The van der Waals surface area contributed by atoms with E-state index in [4.69, 9.17) is 27.9 Å². The summed E-state index contributed by atoms with van der Waals surface area (Å²) in [6.45, 7) is 4.72. The maximum absolute atomic E-state index is 12.7. The summed E-state index contributed by atoms with van der Waals surface area (Å²) >= 11 is 12.7. The van der Waals surface area contributed by atoms with Crippen molar-refractivity contribution in [3.8, 4) is 0 Å². The molecule has 0 fully saturated rings. The van der Waals surface area contributed by atoms with E-state index >= 15 is 0 Å². The molecule has 0 spiro atoms. The Hall–Kier alpha value is -1.15. The van der Waals surface area contributed by atoms with Gasteiger partial charge in [0.1, 0.15) is 0 Å². The SMILES string of the molecule is CCCOCCNS(=O)(=O)c1cccc(C2CN(C)Cc3c(Cl)cc(Cl)cc32)c1. The van der Waals surface area contributed by atoms with Crippen LogP contribution in [0.4, 0.5) is 0 Å². The van der Waals surface area contributed by atoms with Crippen molar-refractivity contribution in [3.63, 3.8) is 0 Å². The van der Waals surface area contributed by atoms with Gasteiger partial charge in [-0.3, -0.25) is 0 Å². The van der Waals surface area contributed by atoms with Crippen molar-refractivity contribution in [3.05, 3.63) is 63.1 Å². The number of nitrogens with one attached hydrogen (secondary N) is 1. The molecule has 29 heavy (non-hydrogen) atoms. The Bertz CT molecular complexity index is 966. The van der Waals surface area contributed by atoms with E-state index in [1.807, 2.05) is 26.1 Å². The Morgan fingerprint density at radius 1 is 1.21 bits per heavy atom. The number of halogens is 2. The molecule has 0 bridgehead atoms. The summed E-state index contributed by atoms with van der Waals surface area (Å²) in [5.74, 6) is -0.0111. The third-order valence-electron chi connectivity index (χ3n) is 4.95. The zero-order chi connectivity index (χ0) is 21.0. The van der Waals surface area contributed by atoms with Gasteiger partial charge in [0, 0.05) is 42.2 Å². The smallest absolute Gasteiger partial charge is 0.240 e. The van der Waals surface area contributed by atoms with Gasteiger partial charge in [-0.05, 0) is 54.4 Å². The molecule has 3 rings (SSSR count). The molecule has 1 heterocycles. The molecule has 0 aliphatic carbocycles. The summed E-state index contributed by atoms with van der Waals surface area (Å²) < 4.78 is 33.4. The average Bonchev–Trinajstić information content (AvgIpc) is 2.68. The molecule has 0 saturated carbocycles. The van der Waals surface area contributed by atoms with Crippen LogP contribution in [-0.4, -0.2) is 46.7 Å². The first-order valence-corrected chi connectivity index (χ1v) is 11.9. The first kappa shape index (κ1) is 22.5. The van der Waals surface area contributed by atoms with Gasteiger partial charge in [-0.2, -0.15) is 0 Å². The molecule has 0 aromatic heterocycles. The topological polar surface area (TPSA) is 58.6 Å². The van der Waals surface area contributed by atoms with Crippen LogP contribution in [-0.2, 0) is 21.3 Å². The lowest BCUT2D eigenvalue weighted by atomic mass is 9.85. The monoisotopic (exact) mass is 456 g/mol. The zero-order valence-corrected chi connectivity index (χ0v) is 18.9. The number of rotatable bonds is 8. The lowest BCUT2D eigenvalue weighted by molar-refractivity contribution is 0.140. The van der Waals surface area contributed by atoms with Crippen molar-refractivity contribution in [2.24, 2.45) is 0 Å². The van der Waals surface area contributed by atoms with Gasteiger partial charge in [0.25, 0.3) is 0 Å². The molecule has 0 radical (unpaired) electrons. The molecule has 1 aliphatic heterocycles. The number of sulfonamides is 1.